The minimum absolute atomic E-state index is 0.131. The van der Waals surface area contributed by atoms with Gasteiger partial charge in [0, 0.05) is 19.7 Å². The van der Waals surface area contributed by atoms with Crippen LogP contribution in [0.2, 0.25) is 0 Å². The number of aromatic hydroxyl groups is 1. The summed E-state index contributed by atoms with van der Waals surface area (Å²) in [4.78, 5) is 40.7. The third-order valence-corrected chi connectivity index (χ3v) is 4.44. The van der Waals surface area contributed by atoms with E-state index in [1.54, 1.807) is 0 Å². The molecule has 12 nitrogen and oxygen atoms in total. The average molecular weight is 416 g/mol. The van der Waals surface area contributed by atoms with Crippen molar-refractivity contribution >= 4 is 23.3 Å². The molecule has 0 aliphatic heterocycles. The zero-order valence-corrected chi connectivity index (χ0v) is 16.7. The van der Waals surface area contributed by atoms with Gasteiger partial charge in [0.1, 0.15) is 6.54 Å². The maximum absolute atomic E-state index is 12.4. The summed E-state index contributed by atoms with van der Waals surface area (Å²) in [5, 5.41) is 13.8. The van der Waals surface area contributed by atoms with Gasteiger partial charge in [-0.25, -0.2) is 15.2 Å². The lowest BCUT2D eigenvalue weighted by molar-refractivity contribution is -0.121. The summed E-state index contributed by atoms with van der Waals surface area (Å²) < 4.78 is 13.6. The standard InChI is InChI=1S/C18H20N6O6/c1-22-16-14(17(27)23(2)18(22)28)24(9-19-16)8-13(25)21-20-7-10-5-11(29-3)15(26)12(6-10)30-4/h5-7,9,26H,8H2,1-4H3,(H,21,25)/b20-7+. The highest BCUT2D eigenvalue weighted by Gasteiger charge is 2.16. The number of phenolic OH excluding ortho intramolecular Hbond substituents is 1. The van der Waals surface area contributed by atoms with E-state index in [1.165, 1.54) is 62.1 Å². The summed E-state index contributed by atoms with van der Waals surface area (Å²) in [6.45, 7) is -0.233. The first kappa shape index (κ1) is 20.6. The van der Waals surface area contributed by atoms with Crippen LogP contribution in [0.3, 0.4) is 0 Å². The van der Waals surface area contributed by atoms with E-state index >= 15 is 0 Å². The van der Waals surface area contributed by atoms with Crippen molar-refractivity contribution in [3.8, 4) is 17.2 Å². The second-order valence-electron chi connectivity index (χ2n) is 6.32. The molecular formula is C18H20N6O6. The molecule has 2 N–H and O–H groups in total. The van der Waals surface area contributed by atoms with Crippen molar-refractivity contribution in [3.05, 3.63) is 44.9 Å². The van der Waals surface area contributed by atoms with Gasteiger partial charge in [-0.3, -0.25) is 18.7 Å². The number of phenols is 1. The first-order chi connectivity index (χ1) is 14.3. The molecule has 2 aromatic heterocycles. The molecule has 0 fully saturated rings. The minimum atomic E-state index is -0.551. The van der Waals surface area contributed by atoms with Gasteiger partial charge in [-0.1, -0.05) is 0 Å². The Labute approximate surface area is 169 Å². The van der Waals surface area contributed by atoms with Gasteiger partial charge in [0.25, 0.3) is 11.5 Å². The molecular weight excluding hydrogens is 396 g/mol. The van der Waals surface area contributed by atoms with E-state index in [-0.39, 0.29) is 35.0 Å². The van der Waals surface area contributed by atoms with Crippen molar-refractivity contribution in [1.29, 1.82) is 0 Å². The molecule has 0 aliphatic carbocycles. The molecule has 0 spiro atoms. The summed E-state index contributed by atoms with van der Waals surface area (Å²) in [6, 6.07) is 3.03. The Balaban J connectivity index is 1.79. The fourth-order valence-corrected chi connectivity index (χ4v) is 2.87. The number of methoxy groups -OCH3 is 2. The summed E-state index contributed by atoms with van der Waals surface area (Å²) in [5.74, 6) is -0.287. The van der Waals surface area contributed by atoms with Gasteiger partial charge >= 0.3 is 5.69 Å². The van der Waals surface area contributed by atoms with E-state index in [1.807, 2.05) is 0 Å². The predicted molar refractivity (Wildman–Crippen MR) is 107 cm³/mol. The molecule has 2 heterocycles. The zero-order chi connectivity index (χ0) is 22.0. The molecule has 0 radical (unpaired) electrons. The number of nitrogens with one attached hydrogen (secondary N) is 1. The molecule has 3 rings (SSSR count). The molecule has 0 aliphatic rings. The third kappa shape index (κ3) is 3.62. The first-order valence-electron chi connectivity index (χ1n) is 8.66. The van der Waals surface area contributed by atoms with E-state index in [0.717, 1.165) is 4.57 Å². The van der Waals surface area contributed by atoms with E-state index in [2.05, 4.69) is 15.5 Å². The largest absolute Gasteiger partial charge is 0.502 e. The van der Waals surface area contributed by atoms with Crippen LogP contribution >= 0.6 is 0 Å². The Morgan fingerprint density at radius 1 is 1.20 bits per heavy atom. The van der Waals surface area contributed by atoms with Crippen molar-refractivity contribution in [2.24, 2.45) is 19.2 Å². The molecule has 0 saturated carbocycles. The quantitative estimate of drug-likeness (QED) is 0.400. The molecule has 1 aromatic carbocycles. The Morgan fingerprint density at radius 3 is 2.43 bits per heavy atom. The van der Waals surface area contributed by atoms with Crippen molar-refractivity contribution in [1.82, 2.24) is 24.1 Å². The highest BCUT2D eigenvalue weighted by molar-refractivity contribution is 5.84. The number of hydrazone groups is 1. The molecule has 3 aromatic rings. The second-order valence-corrected chi connectivity index (χ2v) is 6.32. The van der Waals surface area contributed by atoms with Crippen LogP contribution in [0.25, 0.3) is 11.2 Å². The van der Waals surface area contributed by atoms with Crippen molar-refractivity contribution in [2.75, 3.05) is 14.2 Å². The van der Waals surface area contributed by atoms with Crippen LogP contribution in [-0.2, 0) is 25.4 Å². The van der Waals surface area contributed by atoms with Crippen LogP contribution in [0.4, 0.5) is 0 Å². The summed E-state index contributed by atoms with van der Waals surface area (Å²) in [7, 11) is 5.64. The van der Waals surface area contributed by atoms with Gasteiger partial charge < -0.3 is 19.1 Å². The number of benzene rings is 1. The first-order valence-corrected chi connectivity index (χ1v) is 8.66. The fraction of sp³-hybridized carbons (Fsp3) is 0.278. The van der Waals surface area contributed by atoms with E-state index in [0.29, 0.717) is 5.56 Å². The SMILES string of the molecule is COc1cc(/C=N/NC(=O)Cn2cnc3c2c(=O)n(C)c(=O)n3C)cc(OC)c1O. The van der Waals surface area contributed by atoms with Crippen LogP contribution in [0.5, 0.6) is 17.2 Å². The number of hydrogen-bond donors (Lipinski definition) is 2. The molecule has 12 heteroatoms. The van der Waals surface area contributed by atoms with Gasteiger partial charge in [0.2, 0.25) is 5.75 Å². The maximum atomic E-state index is 12.4. The molecule has 158 valence electrons. The molecule has 0 saturated heterocycles. The summed E-state index contributed by atoms with van der Waals surface area (Å²) in [5.41, 5.74) is 2.11. The minimum Gasteiger partial charge on any atom is -0.502 e. The number of aryl methyl sites for hydroxylation is 1. The summed E-state index contributed by atoms with van der Waals surface area (Å²) in [6.07, 6.45) is 2.65. The lowest BCUT2D eigenvalue weighted by atomic mass is 10.2. The fourth-order valence-electron chi connectivity index (χ4n) is 2.87. The number of carbonyl (C=O) groups is 1. The third-order valence-electron chi connectivity index (χ3n) is 4.44. The number of fused-ring (bicyclic) bond motifs is 1. The van der Waals surface area contributed by atoms with E-state index in [4.69, 9.17) is 9.47 Å². The Kier molecular flexibility index (Phi) is 5.58. The number of ether oxygens (including phenoxy) is 2. The van der Waals surface area contributed by atoms with Crippen LogP contribution in [-0.4, -0.2) is 50.1 Å². The van der Waals surface area contributed by atoms with Crippen LogP contribution in [0, 0.1) is 0 Å². The molecule has 0 atom stereocenters. The Morgan fingerprint density at radius 2 is 1.83 bits per heavy atom. The summed E-state index contributed by atoms with van der Waals surface area (Å²) >= 11 is 0. The van der Waals surface area contributed by atoms with Gasteiger partial charge in [-0.2, -0.15) is 5.10 Å². The van der Waals surface area contributed by atoms with Gasteiger partial charge in [0.05, 0.1) is 26.8 Å². The second kappa shape index (κ2) is 8.11. The molecule has 1 amide bonds. The van der Waals surface area contributed by atoms with Crippen molar-refractivity contribution < 1.29 is 19.4 Å². The number of carbonyl (C=O) groups excluding carboxylic acids is 1. The van der Waals surface area contributed by atoms with Crippen molar-refractivity contribution in [2.45, 2.75) is 6.54 Å². The van der Waals surface area contributed by atoms with Gasteiger partial charge in [-0.15, -0.1) is 0 Å². The average Bonchev–Trinajstić information content (AvgIpc) is 3.15. The van der Waals surface area contributed by atoms with Crippen LogP contribution in [0.15, 0.2) is 33.2 Å². The lowest BCUT2D eigenvalue weighted by Crippen LogP contribution is -2.38. The highest BCUT2D eigenvalue weighted by Crippen LogP contribution is 2.36. The number of aromatic nitrogens is 4. The molecule has 30 heavy (non-hydrogen) atoms. The number of nitrogens with zero attached hydrogens (tertiary/aromatic N) is 5. The smallest absolute Gasteiger partial charge is 0.332 e. The van der Waals surface area contributed by atoms with Gasteiger partial charge in [-0.05, 0) is 12.1 Å². The van der Waals surface area contributed by atoms with Crippen LogP contribution < -0.4 is 26.1 Å². The number of imidazole rings is 1. The van der Waals surface area contributed by atoms with E-state index in [9.17, 15) is 19.5 Å². The van der Waals surface area contributed by atoms with E-state index < -0.39 is 17.2 Å². The zero-order valence-electron chi connectivity index (χ0n) is 16.7. The number of rotatable bonds is 6. The lowest BCUT2D eigenvalue weighted by Gasteiger charge is -2.09. The van der Waals surface area contributed by atoms with Gasteiger partial charge in [0.15, 0.2) is 22.7 Å². The Hall–Kier alpha value is -4.09. The van der Waals surface area contributed by atoms with Crippen molar-refractivity contribution in [3.63, 3.8) is 0 Å². The topological polar surface area (TPSA) is 142 Å². The monoisotopic (exact) mass is 416 g/mol. The number of hydrogen-bond acceptors (Lipinski definition) is 8. The molecule has 0 bridgehead atoms. The predicted octanol–water partition coefficient (Wildman–Crippen LogP) is -0.693. The normalized spacial score (nSPS) is 11.2. The highest BCUT2D eigenvalue weighted by atomic mass is 16.5. The maximum Gasteiger partial charge on any atom is 0.332 e. The Bertz CT molecular complexity index is 1240. The van der Waals surface area contributed by atoms with Crippen LogP contribution in [0.1, 0.15) is 5.56 Å². The number of amides is 1. The molecule has 0 unspecified atom stereocenters.